The molecule has 8 nitrogen and oxygen atoms in total. The van der Waals surface area contributed by atoms with Crippen LogP contribution in [0.4, 0.5) is 5.82 Å². The summed E-state index contributed by atoms with van der Waals surface area (Å²) in [6, 6.07) is 14.3. The van der Waals surface area contributed by atoms with Crippen LogP contribution in [-0.4, -0.2) is 45.2 Å². The molecule has 170 valence electrons. The Morgan fingerprint density at radius 1 is 0.971 bits per heavy atom. The quantitative estimate of drug-likeness (QED) is 0.428. The summed E-state index contributed by atoms with van der Waals surface area (Å²) < 4.78 is 11.5. The Balaban J connectivity index is 1.40. The summed E-state index contributed by atoms with van der Waals surface area (Å²) in [4.78, 5) is 23.9. The van der Waals surface area contributed by atoms with Crippen LogP contribution in [0.25, 0.3) is 33.2 Å². The summed E-state index contributed by atoms with van der Waals surface area (Å²) in [5.41, 5.74) is 5.73. The summed E-state index contributed by atoms with van der Waals surface area (Å²) in [7, 11) is 1.66. The number of nitrogens with one attached hydrogen (secondary N) is 1. The van der Waals surface area contributed by atoms with E-state index in [1.807, 2.05) is 44.3 Å². The Morgan fingerprint density at radius 2 is 1.88 bits per heavy atom. The molecular weight excluding hydrogens is 428 g/mol. The fraction of sp³-hybridized carbons (Fsp3) is 0.231. The number of nitrogens with zero attached hydrogens (tertiary/aromatic N) is 5. The Kier molecular flexibility index (Phi) is 4.79. The second kappa shape index (κ2) is 7.98. The molecule has 0 radical (unpaired) electrons. The molecule has 3 aromatic heterocycles. The van der Waals surface area contributed by atoms with Crippen LogP contribution in [0.15, 0.2) is 48.7 Å². The molecule has 1 aliphatic rings. The van der Waals surface area contributed by atoms with Crippen molar-refractivity contribution in [2.24, 2.45) is 0 Å². The lowest BCUT2D eigenvalue weighted by atomic mass is 10.0. The number of ether oxygens (including phenoxy) is 2. The van der Waals surface area contributed by atoms with E-state index >= 15 is 0 Å². The first-order chi connectivity index (χ1) is 16.6. The number of imidazole rings is 1. The van der Waals surface area contributed by atoms with Gasteiger partial charge in [-0.15, -0.1) is 0 Å². The zero-order valence-electron chi connectivity index (χ0n) is 19.3. The maximum atomic E-state index is 6.11. The Labute approximate surface area is 196 Å². The van der Waals surface area contributed by atoms with Crippen LogP contribution in [0.2, 0.25) is 0 Å². The van der Waals surface area contributed by atoms with Gasteiger partial charge >= 0.3 is 0 Å². The number of pyridine rings is 1. The monoisotopic (exact) mass is 452 g/mol. The van der Waals surface area contributed by atoms with Crippen LogP contribution in [0, 0.1) is 13.8 Å². The molecule has 1 N–H and O–H groups in total. The number of fused-ring (bicyclic) bond motifs is 3. The van der Waals surface area contributed by atoms with Crippen LogP contribution in [0.5, 0.6) is 11.5 Å². The van der Waals surface area contributed by atoms with Crippen molar-refractivity contribution in [2.45, 2.75) is 20.4 Å². The standard InChI is InChI=1S/C26H24N6O2/c1-15-29-23-11-18(13-27-25(23)30-15)17-4-7-24-19(10-17)14-32(8-9-34-24)26-21-6-5-20(33-3)12-22(21)28-16(2)31-26/h4-7,10-13H,8-9,14H2,1-3H3,(H,27,29,30). The summed E-state index contributed by atoms with van der Waals surface area (Å²) in [6.45, 7) is 5.83. The number of anilines is 1. The fourth-order valence-corrected chi connectivity index (χ4v) is 4.50. The highest BCUT2D eigenvalue weighted by atomic mass is 16.5. The van der Waals surface area contributed by atoms with Crippen molar-refractivity contribution in [3.8, 4) is 22.6 Å². The number of hydrogen-bond acceptors (Lipinski definition) is 7. The minimum atomic E-state index is 0.576. The minimum Gasteiger partial charge on any atom is -0.497 e. The molecule has 0 atom stereocenters. The molecule has 5 aromatic rings. The molecule has 0 fully saturated rings. The number of benzene rings is 2. The van der Waals surface area contributed by atoms with Gasteiger partial charge < -0.3 is 19.4 Å². The second-order valence-electron chi connectivity index (χ2n) is 8.48. The van der Waals surface area contributed by atoms with Gasteiger partial charge in [0.2, 0.25) is 0 Å². The van der Waals surface area contributed by atoms with E-state index in [4.69, 9.17) is 14.5 Å². The summed E-state index contributed by atoms with van der Waals surface area (Å²) >= 11 is 0. The van der Waals surface area contributed by atoms with Gasteiger partial charge in [-0.1, -0.05) is 6.07 Å². The number of rotatable bonds is 3. The largest absolute Gasteiger partial charge is 0.497 e. The number of aryl methyl sites for hydroxylation is 2. The van der Waals surface area contributed by atoms with Crippen molar-refractivity contribution in [3.05, 3.63) is 65.9 Å². The SMILES string of the molecule is COc1ccc2c(N3CCOc4ccc(-c5cnc6[nH]c(C)nc6c5)cc4C3)nc(C)nc2c1. The van der Waals surface area contributed by atoms with Crippen molar-refractivity contribution in [1.82, 2.24) is 24.9 Å². The highest BCUT2D eigenvalue weighted by molar-refractivity contribution is 5.90. The van der Waals surface area contributed by atoms with E-state index in [9.17, 15) is 0 Å². The molecule has 0 unspecified atom stereocenters. The smallest absolute Gasteiger partial charge is 0.157 e. The maximum Gasteiger partial charge on any atom is 0.157 e. The van der Waals surface area contributed by atoms with Gasteiger partial charge in [-0.05, 0) is 49.7 Å². The molecule has 0 saturated heterocycles. The first kappa shape index (κ1) is 20.4. The van der Waals surface area contributed by atoms with Gasteiger partial charge in [0, 0.05) is 35.3 Å². The molecule has 0 bridgehead atoms. The first-order valence-electron chi connectivity index (χ1n) is 11.2. The van der Waals surface area contributed by atoms with Crippen molar-refractivity contribution in [1.29, 1.82) is 0 Å². The highest BCUT2D eigenvalue weighted by Gasteiger charge is 2.20. The zero-order valence-corrected chi connectivity index (χ0v) is 19.3. The van der Waals surface area contributed by atoms with Gasteiger partial charge in [0.05, 0.1) is 19.2 Å². The molecule has 0 aliphatic carbocycles. The number of H-pyrrole nitrogens is 1. The molecule has 4 heterocycles. The molecule has 0 saturated carbocycles. The molecule has 8 heteroatoms. The Hall–Kier alpha value is -4.20. The Morgan fingerprint density at radius 3 is 2.76 bits per heavy atom. The lowest BCUT2D eigenvalue weighted by Gasteiger charge is -2.23. The highest BCUT2D eigenvalue weighted by Crippen LogP contribution is 2.33. The van der Waals surface area contributed by atoms with E-state index < -0.39 is 0 Å². The number of aromatic nitrogens is 5. The third kappa shape index (κ3) is 3.57. The van der Waals surface area contributed by atoms with E-state index in [-0.39, 0.29) is 0 Å². The van der Waals surface area contributed by atoms with Gasteiger partial charge in [0.1, 0.15) is 41.1 Å². The molecule has 1 aliphatic heterocycles. The van der Waals surface area contributed by atoms with Crippen molar-refractivity contribution < 1.29 is 9.47 Å². The average Bonchev–Trinajstić information content (AvgIpc) is 3.08. The van der Waals surface area contributed by atoms with E-state index in [1.165, 1.54) is 0 Å². The minimum absolute atomic E-state index is 0.576. The van der Waals surface area contributed by atoms with E-state index in [1.54, 1.807) is 7.11 Å². The molecular formula is C26H24N6O2. The van der Waals surface area contributed by atoms with Crippen LogP contribution in [0.3, 0.4) is 0 Å². The fourth-order valence-electron chi connectivity index (χ4n) is 4.50. The van der Waals surface area contributed by atoms with Crippen LogP contribution >= 0.6 is 0 Å². The van der Waals surface area contributed by atoms with Gasteiger partial charge in [0.15, 0.2) is 5.65 Å². The zero-order chi connectivity index (χ0) is 23.2. The normalized spacial score (nSPS) is 13.6. The van der Waals surface area contributed by atoms with E-state index in [0.717, 1.165) is 74.3 Å². The van der Waals surface area contributed by atoms with Gasteiger partial charge in [-0.2, -0.15) is 0 Å². The maximum absolute atomic E-state index is 6.11. The molecule has 34 heavy (non-hydrogen) atoms. The Bertz CT molecular complexity index is 1540. The summed E-state index contributed by atoms with van der Waals surface area (Å²) in [5.74, 6) is 4.16. The molecule has 6 rings (SSSR count). The third-order valence-electron chi connectivity index (χ3n) is 6.12. The summed E-state index contributed by atoms with van der Waals surface area (Å²) in [6.07, 6.45) is 1.88. The van der Waals surface area contributed by atoms with Gasteiger partial charge in [-0.25, -0.2) is 19.9 Å². The van der Waals surface area contributed by atoms with Crippen LogP contribution in [0.1, 0.15) is 17.2 Å². The predicted molar refractivity (Wildman–Crippen MR) is 131 cm³/mol. The first-order valence-corrected chi connectivity index (χ1v) is 11.2. The molecule has 0 amide bonds. The van der Waals surface area contributed by atoms with Crippen LogP contribution < -0.4 is 14.4 Å². The molecule has 0 spiro atoms. The number of methoxy groups -OCH3 is 1. The average molecular weight is 453 g/mol. The van der Waals surface area contributed by atoms with Crippen molar-refractivity contribution in [3.63, 3.8) is 0 Å². The van der Waals surface area contributed by atoms with Crippen molar-refractivity contribution in [2.75, 3.05) is 25.2 Å². The lowest BCUT2D eigenvalue weighted by Crippen LogP contribution is -2.26. The predicted octanol–water partition coefficient (Wildman–Crippen LogP) is 4.59. The molecule has 2 aromatic carbocycles. The van der Waals surface area contributed by atoms with E-state index in [2.05, 4.69) is 43.0 Å². The van der Waals surface area contributed by atoms with Crippen LogP contribution in [-0.2, 0) is 6.54 Å². The summed E-state index contributed by atoms with van der Waals surface area (Å²) in [5, 5.41) is 0.995. The second-order valence-corrected chi connectivity index (χ2v) is 8.48. The number of aromatic amines is 1. The van der Waals surface area contributed by atoms with E-state index in [0.29, 0.717) is 13.2 Å². The topological polar surface area (TPSA) is 89.0 Å². The van der Waals surface area contributed by atoms with Crippen molar-refractivity contribution >= 4 is 27.9 Å². The van der Waals surface area contributed by atoms with Gasteiger partial charge in [-0.3, -0.25) is 0 Å². The third-order valence-corrected chi connectivity index (χ3v) is 6.12. The van der Waals surface area contributed by atoms with Gasteiger partial charge in [0.25, 0.3) is 0 Å². The number of hydrogen-bond donors (Lipinski definition) is 1. The lowest BCUT2D eigenvalue weighted by molar-refractivity contribution is 0.331.